The van der Waals surface area contributed by atoms with Gasteiger partial charge in [0.2, 0.25) is 5.91 Å². The third kappa shape index (κ3) is 2.70. The third-order valence-electron chi connectivity index (χ3n) is 3.56. The quantitative estimate of drug-likeness (QED) is 0.783. The highest BCUT2D eigenvalue weighted by Crippen LogP contribution is 2.34. The van der Waals surface area contributed by atoms with Crippen molar-refractivity contribution in [1.29, 1.82) is 0 Å². The maximum atomic E-state index is 12.0. The van der Waals surface area contributed by atoms with Gasteiger partial charge in [0.1, 0.15) is 6.04 Å². The highest BCUT2D eigenvalue weighted by Gasteiger charge is 2.30. The summed E-state index contributed by atoms with van der Waals surface area (Å²) in [6.07, 6.45) is 1.90. The number of hydrogen-bond acceptors (Lipinski definition) is 3. The van der Waals surface area contributed by atoms with Crippen molar-refractivity contribution >= 4 is 17.3 Å². The van der Waals surface area contributed by atoms with E-state index in [9.17, 15) is 4.79 Å². The fourth-order valence-corrected chi connectivity index (χ4v) is 2.59. The molecule has 0 aliphatic carbocycles. The van der Waals surface area contributed by atoms with Crippen molar-refractivity contribution < 1.29 is 4.79 Å². The molecule has 2 rings (SSSR count). The third-order valence-corrected chi connectivity index (χ3v) is 3.56. The van der Waals surface area contributed by atoms with Crippen LogP contribution in [0.1, 0.15) is 32.4 Å². The number of likely N-dealkylation sites (N-methyl/N-ethyl adjacent to an activating group) is 1. The van der Waals surface area contributed by atoms with E-state index in [1.807, 2.05) is 25.1 Å². The molecule has 4 heteroatoms. The Morgan fingerprint density at radius 2 is 2.25 bits per heavy atom. The first kappa shape index (κ1) is 14.6. The van der Waals surface area contributed by atoms with Gasteiger partial charge in [-0.1, -0.05) is 19.1 Å². The molecule has 0 aromatic heterocycles. The molecule has 1 aliphatic rings. The van der Waals surface area contributed by atoms with Crippen molar-refractivity contribution in [3.8, 4) is 0 Å². The smallest absolute Gasteiger partial charge is 0.246 e. The molecule has 1 unspecified atom stereocenters. The van der Waals surface area contributed by atoms with Gasteiger partial charge in [-0.15, -0.1) is 6.58 Å². The van der Waals surface area contributed by atoms with Crippen LogP contribution in [0.15, 0.2) is 30.9 Å². The van der Waals surface area contributed by atoms with Crippen molar-refractivity contribution in [2.24, 2.45) is 0 Å². The van der Waals surface area contributed by atoms with Crippen LogP contribution in [0.3, 0.4) is 0 Å². The van der Waals surface area contributed by atoms with Gasteiger partial charge >= 0.3 is 0 Å². The van der Waals surface area contributed by atoms with Crippen LogP contribution in [0, 0.1) is 0 Å². The number of nitrogens with zero attached hydrogens (tertiary/aromatic N) is 1. The van der Waals surface area contributed by atoms with Crippen LogP contribution in [0.25, 0.3) is 0 Å². The lowest BCUT2D eigenvalue weighted by atomic mass is 10.1. The standard InChI is InChI=1S/C16H23N3O/c1-5-9-19(11(3)4)12-7-8-13-14(10-12)18-16(20)15(13)17-6-2/h5,7-8,10-11,15,17H,1,6,9H2,2-4H3,(H,18,20). The van der Waals surface area contributed by atoms with E-state index in [0.717, 1.165) is 30.0 Å². The van der Waals surface area contributed by atoms with Gasteiger partial charge in [-0.2, -0.15) is 0 Å². The van der Waals surface area contributed by atoms with Crippen LogP contribution in [-0.4, -0.2) is 25.0 Å². The van der Waals surface area contributed by atoms with Crippen molar-refractivity contribution in [2.75, 3.05) is 23.3 Å². The van der Waals surface area contributed by atoms with Crippen LogP contribution in [0.4, 0.5) is 11.4 Å². The molecule has 1 aliphatic heterocycles. The molecule has 1 amide bonds. The Kier molecular flexibility index (Phi) is 4.45. The van der Waals surface area contributed by atoms with Crippen LogP contribution >= 0.6 is 0 Å². The number of benzene rings is 1. The van der Waals surface area contributed by atoms with Crippen molar-refractivity contribution in [3.63, 3.8) is 0 Å². The minimum absolute atomic E-state index is 0.0267. The second-order valence-corrected chi connectivity index (χ2v) is 5.29. The number of fused-ring (bicyclic) bond motifs is 1. The van der Waals surface area contributed by atoms with E-state index in [1.165, 1.54) is 0 Å². The van der Waals surface area contributed by atoms with E-state index in [4.69, 9.17) is 0 Å². The Morgan fingerprint density at radius 1 is 1.50 bits per heavy atom. The van der Waals surface area contributed by atoms with Crippen LogP contribution in [-0.2, 0) is 4.79 Å². The molecule has 0 bridgehead atoms. The van der Waals surface area contributed by atoms with Gasteiger partial charge in [-0.25, -0.2) is 0 Å². The molecule has 0 spiro atoms. The highest BCUT2D eigenvalue weighted by molar-refractivity contribution is 6.03. The average molecular weight is 273 g/mol. The summed E-state index contributed by atoms with van der Waals surface area (Å²) in [5.74, 6) is 0.0267. The second-order valence-electron chi connectivity index (χ2n) is 5.29. The number of rotatable bonds is 6. The van der Waals surface area contributed by atoms with Crippen LogP contribution in [0.5, 0.6) is 0 Å². The van der Waals surface area contributed by atoms with E-state index < -0.39 is 0 Å². The van der Waals surface area contributed by atoms with E-state index in [0.29, 0.717) is 6.04 Å². The minimum Gasteiger partial charge on any atom is -0.365 e. The first-order valence-corrected chi connectivity index (χ1v) is 7.14. The zero-order valence-corrected chi connectivity index (χ0v) is 12.4. The first-order valence-electron chi connectivity index (χ1n) is 7.14. The summed E-state index contributed by atoms with van der Waals surface area (Å²) in [5.41, 5.74) is 3.05. The number of carbonyl (C=O) groups is 1. The number of hydrogen-bond donors (Lipinski definition) is 2. The summed E-state index contributed by atoms with van der Waals surface area (Å²) in [4.78, 5) is 14.2. The van der Waals surface area contributed by atoms with E-state index in [2.05, 4.69) is 42.0 Å². The Morgan fingerprint density at radius 3 is 2.85 bits per heavy atom. The van der Waals surface area contributed by atoms with Crippen molar-refractivity contribution in [1.82, 2.24) is 5.32 Å². The monoisotopic (exact) mass is 273 g/mol. The average Bonchev–Trinajstić information content (AvgIpc) is 2.72. The minimum atomic E-state index is -0.226. The molecular weight excluding hydrogens is 250 g/mol. The molecule has 1 aromatic carbocycles. The van der Waals surface area contributed by atoms with Crippen molar-refractivity contribution in [3.05, 3.63) is 36.4 Å². The number of anilines is 2. The summed E-state index contributed by atoms with van der Waals surface area (Å²) in [6.45, 7) is 11.7. The van der Waals surface area contributed by atoms with Gasteiger partial charge in [-0.05, 0) is 32.5 Å². The summed E-state index contributed by atoms with van der Waals surface area (Å²) in [5, 5.41) is 6.16. The zero-order chi connectivity index (χ0) is 14.7. The molecular formula is C16H23N3O. The fourth-order valence-electron chi connectivity index (χ4n) is 2.59. The summed E-state index contributed by atoms with van der Waals surface area (Å²) in [6, 6.07) is 6.32. The summed E-state index contributed by atoms with van der Waals surface area (Å²) >= 11 is 0. The predicted molar refractivity (Wildman–Crippen MR) is 84.2 cm³/mol. The predicted octanol–water partition coefficient (Wildman–Crippen LogP) is 2.69. The van der Waals surface area contributed by atoms with Gasteiger partial charge < -0.3 is 15.5 Å². The van der Waals surface area contributed by atoms with Gasteiger partial charge in [0, 0.05) is 29.5 Å². The van der Waals surface area contributed by atoms with Crippen molar-refractivity contribution in [2.45, 2.75) is 32.9 Å². The highest BCUT2D eigenvalue weighted by atomic mass is 16.2. The molecule has 0 fully saturated rings. The molecule has 1 atom stereocenters. The van der Waals surface area contributed by atoms with E-state index in [-0.39, 0.29) is 11.9 Å². The Labute approximate surface area is 120 Å². The van der Waals surface area contributed by atoms with Crippen LogP contribution < -0.4 is 15.5 Å². The SMILES string of the molecule is C=CCN(c1ccc2c(c1)NC(=O)C2NCC)C(C)C. The molecule has 0 saturated carbocycles. The molecule has 1 heterocycles. The summed E-state index contributed by atoms with van der Waals surface area (Å²) in [7, 11) is 0. The second kappa shape index (κ2) is 6.09. The maximum Gasteiger partial charge on any atom is 0.246 e. The Hall–Kier alpha value is -1.81. The summed E-state index contributed by atoms with van der Waals surface area (Å²) < 4.78 is 0. The molecule has 2 N–H and O–H groups in total. The normalized spacial score (nSPS) is 17.0. The first-order chi connectivity index (χ1) is 9.58. The largest absolute Gasteiger partial charge is 0.365 e. The molecule has 20 heavy (non-hydrogen) atoms. The lowest BCUT2D eigenvalue weighted by Gasteiger charge is -2.28. The molecule has 4 nitrogen and oxygen atoms in total. The van der Waals surface area contributed by atoms with Gasteiger partial charge in [0.05, 0.1) is 0 Å². The maximum absolute atomic E-state index is 12.0. The molecule has 0 saturated heterocycles. The van der Waals surface area contributed by atoms with Crippen LogP contribution in [0.2, 0.25) is 0 Å². The fraction of sp³-hybridized carbons (Fsp3) is 0.438. The van der Waals surface area contributed by atoms with E-state index >= 15 is 0 Å². The van der Waals surface area contributed by atoms with Gasteiger partial charge in [-0.3, -0.25) is 4.79 Å². The van der Waals surface area contributed by atoms with Gasteiger partial charge in [0.25, 0.3) is 0 Å². The lowest BCUT2D eigenvalue weighted by Crippen LogP contribution is -2.30. The number of nitrogens with one attached hydrogen (secondary N) is 2. The molecule has 0 radical (unpaired) electrons. The molecule has 108 valence electrons. The van der Waals surface area contributed by atoms with E-state index in [1.54, 1.807) is 0 Å². The van der Waals surface area contributed by atoms with Gasteiger partial charge in [0.15, 0.2) is 0 Å². The topological polar surface area (TPSA) is 44.4 Å². The number of amides is 1. The Bertz CT molecular complexity index is 510. The lowest BCUT2D eigenvalue weighted by molar-refractivity contribution is -0.117. The zero-order valence-electron chi connectivity index (χ0n) is 12.4. The Balaban J connectivity index is 2.31. The molecule has 1 aromatic rings. The number of carbonyl (C=O) groups excluding carboxylic acids is 1.